The first-order valence-corrected chi connectivity index (χ1v) is 10.8. The van der Waals surface area contributed by atoms with E-state index in [0.717, 1.165) is 18.2 Å². The lowest BCUT2D eigenvalue weighted by Gasteiger charge is -2.21. The number of fused-ring (bicyclic) bond motifs is 1. The van der Waals surface area contributed by atoms with Gasteiger partial charge in [0, 0.05) is 12.2 Å². The average Bonchev–Trinajstić information content (AvgIpc) is 3.05. The summed E-state index contributed by atoms with van der Waals surface area (Å²) in [5.41, 5.74) is 0.100. The zero-order valence-electron chi connectivity index (χ0n) is 16.7. The number of carbonyl (C=O) groups is 1. The number of amides is 1. The molecule has 1 atom stereocenters. The Bertz CT molecular complexity index is 1270. The van der Waals surface area contributed by atoms with Crippen molar-refractivity contribution >= 4 is 45.9 Å². The van der Waals surface area contributed by atoms with Gasteiger partial charge in [-0.2, -0.15) is 4.98 Å². The van der Waals surface area contributed by atoms with Gasteiger partial charge in [0.05, 0.1) is 4.91 Å². The molecule has 4 rings (SSSR count). The van der Waals surface area contributed by atoms with Crippen LogP contribution in [0.3, 0.4) is 0 Å². The minimum atomic E-state index is -0.409. The number of nitrogens with zero attached hydrogens (tertiary/aromatic N) is 3. The molecule has 6 nitrogen and oxygen atoms in total. The number of carbonyl (C=O) groups excluding carboxylic acids is 1. The Morgan fingerprint density at radius 2 is 1.97 bits per heavy atom. The highest BCUT2D eigenvalue weighted by Gasteiger charge is 2.35. The first kappa shape index (κ1) is 21.2. The van der Waals surface area contributed by atoms with Gasteiger partial charge in [-0.15, -0.1) is 0 Å². The van der Waals surface area contributed by atoms with Crippen LogP contribution in [0.1, 0.15) is 25.8 Å². The van der Waals surface area contributed by atoms with E-state index in [0.29, 0.717) is 20.6 Å². The lowest BCUT2D eigenvalue weighted by atomic mass is 10.2. The first-order valence-electron chi connectivity index (χ1n) is 9.61. The van der Waals surface area contributed by atoms with Crippen molar-refractivity contribution in [3.05, 3.63) is 75.3 Å². The smallest absolute Gasteiger partial charge is 0.269 e. The molecule has 1 saturated heterocycles. The van der Waals surface area contributed by atoms with Crippen molar-refractivity contribution in [1.29, 1.82) is 0 Å². The molecule has 2 aromatic heterocycles. The van der Waals surface area contributed by atoms with E-state index in [1.54, 1.807) is 29.3 Å². The Balaban J connectivity index is 1.84. The third kappa shape index (κ3) is 4.11. The number of thiocarbonyl (C=S) groups is 1. The molecule has 1 fully saturated rings. The monoisotopic (exact) mass is 455 g/mol. The number of rotatable bonds is 5. The second-order valence-corrected chi connectivity index (χ2v) is 8.61. The molecule has 9 heteroatoms. The Hall–Kier alpha value is -3.04. The number of ether oxygens (including phenoxy) is 1. The Morgan fingerprint density at radius 3 is 2.68 bits per heavy atom. The van der Waals surface area contributed by atoms with E-state index >= 15 is 0 Å². The van der Waals surface area contributed by atoms with Crippen molar-refractivity contribution in [2.75, 3.05) is 0 Å². The number of thioether (sulfide) groups is 1. The largest absolute Gasteiger partial charge is 0.438 e. The highest BCUT2D eigenvalue weighted by Crippen LogP contribution is 2.35. The fraction of sp³-hybridized carbons (Fsp3) is 0.182. The van der Waals surface area contributed by atoms with E-state index in [9.17, 15) is 14.0 Å². The van der Waals surface area contributed by atoms with Gasteiger partial charge >= 0.3 is 0 Å². The number of hydrogen-bond acceptors (Lipinski definition) is 6. The van der Waals surface area contributed by atoms with Crippen molar-refractivity contribution in [1.82, 2.24) is 14.3 Å². The zero-order valence-corrected chi connectivity index (χ0v) is 18.4. The second-order valence-electron chi connectivity index (χ2n) is 6.93. The number of hydrogen-bond donors (Lipinski definition) is 0. The summed E-state index contributed by atoms with van der Waals surface area (Å²) in [7, 11) is 0. The quantitative estimate of drug-likeness (QED) is 0.413. The van der Waals surface area contributed by atoms with Crippen LogP contribution < -0.4 is 10.3 Å². The summed E-state index contributed by atoms with van der Waals surface area (Å²) >= 11 is 6.51. The summed E-state index contributed by atoms with van der Waals surface area (Å²) in [6, 6.07) is 10.5. The van der Waals surface area contributed by atoms with Crippen LogP contribution in [0.25, 0.3) is 11.7 Å². The Labute approximate surface area is 187 Å². The van der Waals surface area contributed by atoms with E-state index in [1.807, 2.05) is 13.8 Å². The molecule has 158 valence electrons. The molecular formula is C22H18FN3O3S2. The second kappa shape index (κ2) is 8.60. The summed E-state index contributed by atoms with van der Waals surface area (Å²) in [5.74, 6) is -0.325. The maximum atomic E-state index is 13.3. The van der Waals surface area contributed by atoms with Crippen LogP contribution >= 0.6 is 24.0 Å². The normalized spacial score (nSPS) is 16.4. The molecule has 31 heavy (non-hydrogen) atoms. The number of aromatic nitrogens is 2. The van der Waals surface area contributed by atoms with Gasteiger partial charge in [-0.05, 0) is 55.8 Å². The lowest BCUT2D eigenvalue weighted by molar-refractivity contribution is -0.123. The van der Waals surface area contributed by atoms with Crippen molar-refractivity contribution in [2.24, 2.45) is 0 Å². The highest BCUT2D eigenvalue weighted by atomic mass is 32.2. The third-order valence-corrected chi connectivity index (χ3v) is 6.22. The van der Waals surface area contributed by atoms with E-state index in [-0.39, 0.29) is 23.4 Å². The van der Waals surface area contributed by atoms with Gasteiger partial charge in [0.2, 0.25) is 5.88 Å². The molecule has 0 saturated carbocycles. The van der Waals surface area contributed by atoms with Crippen LogP contribution in [0.5, 0.6) is 11.6 Å². The van der Waals surface area contributed by atoms with Crippen LogP contribution in [0.4, 0.5) is 4.39 Å². The molecule has 0 spiro atoms. The van der Waals surface area contributed by atoms with Crippen LogP contribution in [-0.2, 0) is 4.79 Å². The molecule has 0 N–H and O–H groups in total. The highest BCUT2D eigenvalue weighted by molar-refractivity contribution is 8.26. The predicted octanol–water partition coefficient (Wildman–Crippen LogP) is 4.63. The van der Waals surface area contributed by atoms with Crippen molar-refractivity contribution in [3.63, 3.8) is 0 Å². The fourth-order valence-electron chi connectivity index (χ4n) is 3.07. The van der Waals surface area contributed by atoms with Gasteiger partial charge in [-0.1, -0.05) is 37.0 Å². The molecule has 1 aromatic carbocycles. The molecule has 0 aliphatic carbocycles. The van der Waals surface area contributed by atoms with Crippen molar-refractivity contribution < 1.29 is 13.9 Å². The average molecular weight is 456 g/mol. The molecule has 1 aliphatic heterocycles. The lowest BCUT2D eigenvalue weighted by Crippen LogP contribution is -2.36. The first-order chi connectivity index (χ1) is 14.9. The summed E-state index contributed by atoms with van der Waals surface area (Å²) < 4.78 is 20.9. The van der Waals surface area contributed by atoms with Crippen LogP contribution in [-0.4, -0.2) is 30.6 Å². The molecule has 1 aliphatic rings. The summed E-state index contributed by atoms with van der Waals surface area (Å²) in [6.45, 7) is 3.89. The molecule has 1 amide bonds. The van der Waals surface area contributed by atoms with Gasteiger partial charge in [-0.25, -0.2) is 4.39 Å². The van der Waals surface area contributed by atoms with Crippen LogP contribution in [0.2, 0.25) is 0 Å². The van der Waals surface area contributed by atoms with Gasteiger partial charge in [0.1, 0.15) is 27.1 Å². The van der Waals surface area contributed by atoms with Crippen LogP contribution in [0.15, 0.2) is 58.4 Å². The summed E-state index contributed by atoms with van der Waals surface area (Å²) in [6.07, 6.45) is 3.81. The van der Waals surface area contributed by atoms with E-state index in [1.165, 1.54) is 34.7 Å². The zero-order chi connectivity index (χ0) is 22.1. The van der Waals surface area contributed by atoms with Gasteiger partial charge < -0.3 is 4.74 Å². The maximum Gasteiger partial charge on any atom is 0.269 e. The van der Waals surface area contributed by atoms with E-state index in [4.69, 9.17) is 17.0 Å². The SMILES string of the molecule is CC[C@H](C)N1C(=O)/C(=C/c2c(Oc3ccc(F)cc3)nc3ccccn3c2=O)SC1=S. The topological polar surface area (TPSA) is 63.9 Å². The predicted molar refractivity (Wildman–Crippen MR) is 123 cm³/mol. The van der Waals surface area contributed by atoms with Gasteiger partial charge in [0.15, 0.2) is 0 Å². The van der Waals surface area contributed by atoms with E-state index < -0.39 is 11.4 Å². The maximum absolute atomic E-state index is 13.3. The Morgan fingerprint density at radius 1 is 1.23 bits per heavy atom. The molecule has 0 unspecified atom stereocenters. The van der Waals surface area contributed by atoms with Crippen LogP contribution in [0, 0.1) is 5.82 Å². The minimum absolute atomic E-state index is 0.0246. The molecule has 0 radical (unpaired) electrons. The summed E-state index contributed by atoms with van der Waals surface area (Å²) in [4.78, 5) is 32.5. The number of halogens is 1. The Kier molecular flexibility index (Phi) is 5.88. The number of pyridine rings is 1. The molecule has 3 heterocycles. The summed E-state index contributed by atoms with van der Waals surface area (Å²) in [5, 5.41) is 0. The van der Waals surface area contributed by atoms with Crippen molar-refractivity contribution in [3.8, 4) is 11.6 Å². The van der Waals surface area contributed by atoms with Gasteiger partial charge in [0.25, 0.3) is 11.5 Å². The van der Waals surface area contributed by atoms with Crippen molar-refractivity contribution in [2.45, 2.75) is 26.3 Å². The molecule has 0 bridgehead atoms. The molecule has 3 aromatic rings. The molecular weight excluding hydrogens is 437 g/mol. The number of benzene rings is 1. The van der Waals surface area contributed by atoms with Gasteiger partial charge in [-0.3, -0.25) is 18.9 Å². The van der Waals surface area contributed by atoms with E-state index in [2.05, 4.69) is 4.98 Å². The standard InChI is InChI=1S/C22H18FN3O3S2/c1-3-13(2)26-21(28)17(31-22(26)30)12-16-19(29-15-9-7-14(23)8-10-15)24-18-6-4-5-11-25(18)20(16)27/h4-13H,3H2,1-2H3/b17-12-/t13-/m0/s1. The third-order valence-electron chi connectivity index (χ3n) is 4.89. The minimum Gasteiger partial charge on any atom is -0.438 e. The fourth-order valence-corrected chi connectivity index (χ4v) is 4.52.